The molecule has 0 unspecified atom stereocenters. The van der Waals surface area contributed by atoms with Gasteiger partial charge in [-0.1, -0.05) is 12.1 Å². The third-order valence-electron chi connectivity index (χ3n) is 5.32. The highest BCUT2D eigenvalue weighted by atomic mass is 16.7. The molecule has 1 aromatic heterocycles. The fourth-order valence-corrected chi connectivity index (χ4v) is 3.63. The molecule has 0 saturated carbocycles. The van der Waals surface area contributed by atoms with E-state index in [9.17, 15) is 9.59 Å². The van der Waals surface area contributed by atoms with Gasteiger partial charge >= 0.3 is 5.97 Å². The Morgan fingerprint density at radius 1 is 1.09 bits per heavy atom. The third kappa shape index (κ3) is 4.43. The zero-order valence-corrected chi connectivity index (χ0v) is 19.1. The minimum Gasteiger partial charge on any atom is -0.490 e. The first-order chi connectivity index (χ1) is 17.0. The predicted molar refractivity (Wildman–Crippen MR) is 129 cm³/mol. The molecule has 5 rings (SSSR count). The van der Waals surface area contributed by atoms with Crippen LogP contribution in [-0.2, 0) is 0 Å². The van der Waals surface area contributed by atoms with Crippen LogP contribution in [0.25, 0.3) is 10.9 Å². The van der Waals surface area contributed by atoms with E-state index >= 15 is 0 Å². The quantitative estimate of drug-likeness (QED) is 0.239. The number of carbonyl (C=O) groups excluding carboxylic acids is 1. The summed E-state index contributed by atoms with van der Waals surface area (Å²) in [6, 6.07) is 17.0. The van der Waals surface area contributed by atoms with E-state index in [1.165, 1.54) is 10.9 Å². The molecule has 0 saturated heterocycles. The molecule has 3 aromatic carbocycles. The fourth-order valence-electron chi connectivity index (χ4n) is 3.63. The van der Waals surface area contributed by atoms with Gasteiger partial charge in [-0.2, -0.15) is 9.78 Å². The maximum atomic E-state index is 12.8. The van der Waals surface area contributed by atoms with Crippen molar-refractivity contribution < 1.29 is 23.7 Å². The van der Waals surface area contributed by atoms with Crippen molar-refractivity contribution in [2.24, 2.45) is 5.10 Å². The molecule has 176 valence electrons. The van der Waals surface area contributed by atoms with E-state index in [0.717, 1.165) is 0 Å². The summed E-state index contributed by atoms with van der Waals surface area (Å²) in [5, 5.41) is 4.81. The van der Waals surface area contributed by atoms with Crippen LogP contribution >= 0.6 is 0 Å². The van der Waals surface area contributed by atoms with Gasteiger partial charge in [0.1, 0.15) is 5.82 Å². The van der Waals surface area contributed by atoms with Crippen LogP contribution in [0.1, 0.15) is 28.7 Å². The van der Waals surface area contributed by atoms with Gasteiger partial charge in [0.2, 0.25) is 6.79 Å². The fraction of sp³-hybridized carbons (Fsp3) is 0.154. The highest BCUT2D eigenvalue weighted by Crippen LogP contribution is 2.34. The van der Waals surface area contributed by atoms with E-state index < -0.39 is 5.97 Å². The zero-order chi connectivity index (χ0) is 24.4. The zero-order valence-electron chi connectivity index (χ0n) is 19.1. The van der Waals surface area contributed by atoms with Crippen LogP contribution in [0.3, 0.4) is 0 Å². The highest BCUT2D eigenvalue weighted by molar-refractivity contribution is 5.92. The molecule has 1 aliphatic heterocycles. The average molecular weight is 471 g/mol. The lowest BCUT2D eigenvalue weighted by Crippen LogP contribution is -2.20. The maximum Gasteiger partial charge on any atom is 0.343 e. The van der Waals surface area contributed by atoms with E-state index in [-0.39, 0.29) is 18.1 Å². The number of esters is 1. The van der Waals surface area contributed by atoms with Gasteiger partial charge in [-0.3, -0.25) is 4.79 Å². The van der Waals surface area contributed by atoms with E-state index in [1.807, 2.05) is 13.0 Å². The maximum absolute atomic E-state index is 12.8. The molecular formula is C26H21N3O6. The number of benzene rings is 3. The van der Waals surface area contributed by atoms with Gasteiger partial charge in [-0.25, -0.2) is 9.78 Å². The first-order valence-corrected chi connectivity index (χ1v) is 10.9. The molecule has 9 nitrogen and oxygen atoms in total. The molecule has 35 heavy (non-hydrogen) atoms. The number of para-hydroxylation sites is 1. The number of fused-ring (bicyclic) bond motifs is 2. The number of hydrogen-bond acceptors (Lipinski definition) is 8. The van der Waals surface area contributed by atoms with Crippen LogP contribution in [0, 0.1) is 6.92 Å². The lowest BCUT2D eigenvalue weighted by atomic mass is 10.2. The number of hydrogen-bond donors (Lipinski definition) is 0. The van der Waals surface area contributed by atoms with Crippen molar-refractivity contribution >= 4 is 23.1 Å². The SMILES string of the molecule is CCOc1cc(/C=N/n2c(C)nc3ccccc3c2=O)ccc1OC(=O)c1ccc2c(c1)OCO2. The first kappa shape index (κ1) is 22.1. The Morgan fingerprint density at radius 2 is 1.91 bits per heavy atom. The molecule has 0 bridgehead atoms. The van der Waals surface area contributed by atoms with Gasteiger partial charge in [0, 0.05) is 0 Å². The van der Waals surface area contributed by atoms with Crippen molar-refractivity contribution in [3.05, 3.63) is 88.0 Å². The Hall–Kier alpha value is -4.66. The monoisotopic (exact) mass is 471 g/mol. The Labute approximate surface area is 200 Å². The van der Waals surface area contributed by atoms with Crippen LogP contribution in [0.5, 0.6) is 23.0 Å². The van der Waals surface area contributed by atoms with E-state index in [1.54, 1.807) is 61.5 Å². The normalized spacial score (nSPS) is 12.3. The Balaban J connectivity index is 1.41. The number of ether oxygens (including phenoxy) is 4. The van der Waals surface area contributed by atoms with Gasteiger partial charge in [0.05, 0.1) is 29.3 Å². The predicted octanol–water partition coefficient (Wildman–Crippen LogP) is 3.93. The summed E-state index contributed by atoms with van der Waals surface area (Å²) in [5.74, 6) is 1.60. The van der Waals surface area contributed by atoms with Crippen molar-refractivity contribution in [1.29, 1.82) is 0 Å². The van der Waals surface area contributed by atoms with Crippen molar-refractivity contribution in [3.8, 4) is 23.0 Å². The summed E-state index contributed by atoms with van der Waals surface area (Å²) in [5.41, 5.74) is 1.33. The smallest absolute Gasteiger partial charge is 0.343 e. The molecular weight excluding hydrogens is 450 g/mol. The third-order valence-corrected chi connectivity index (χ3v) is 5.32. The van der Waals surface area contributed by atoms with Gasteiger partial charge in [-0.05, 0) is 67.9 Å². The standard InChI is InChI=1S/C26H21N3O6/c1-3-32-23-12-17(14-27-29-16(2)28-20-7-5-4-6-19(20)25(29)30)8-10-22(23)35-26(31)18-9-11-21-24(13-18)34-15-33-21/h4-14H,3,15H2,1-2H3/b27-14+. The van der Waals surface area contributed by atoms with Crippen molar-refractivity contribution in [2.75, 3.05) is 13.4 Å². The molecule has 0 spiro atoms. The Bertz CT molecular complexity index is 1530. The van der Waals surface area contributed by atoms with Crippen LogP contribution in [-0.4, -0.2) is 35.2 Å². The second-order valence-electron chi connectivity index (χ2n) is 7.63. The Morgan fingerprint density at radius 3 is 2.77 bits per heavy atom. The van der Waals surface area contributed by atoms with Gasteiger partial charge in [0.15, 0.2) is 23.0 Å². The van der Waals surface area contributed by atoms with Gasteiger partial charge < -0.3 is 18.9 Å². The Kier molecular flexibility index (Phi) is 5.88. The number of nitrogens with zero attached hydrogens (tertiary/aromatic N) is 3. The molecule has 0 amide bonds. The molecule has 4 aromatic rings. The van der Waals surface area contributed by atoms with Crippen molar-refractivity contribution in [1.82, 2.24) is 9.66 Å². The van der Waals surface area contributed by atoms with Gasteiger partial charge in [0.25, 0.3) is 5.56 Å². The topological polar surface area (TPSA) is 101 Å². The number of aryl methyl sites for hydroxylation is 1. The first-order valence-electron chi connectivity index (χ1n) is 10.9. The van der Waals surface area contributed by atoms with Crippen molar-refractivity contribution in [2.45, 2.75) is 13.8 Å². The highest BCUT2D eigenvalue weighted by Gasteiger charge is 2.19. The number of aromatic nitrogens is 2. The van der Waals surface area contributed by atoms with E-state index in [0.29, 0.717) is 51.7 Å². The van der Waals surface area contributed by atoms with E-state index in [2.05, 4.69) is 10.1 Å². The van der Waals surface area contributed by atoms with Crippen LogP contribution < -0.4 is 24.5 Å². The van der Waals surface area contributed by atoms with Crippen LogP contribution in [0.2, 0.25) is 0 Å². The number of rotatable bonds is 6. The molecule has 1 aliphatic rings. The molecule has 0 fully saturated rings. The molecule has 0 atom stereocenters. The minimum atomic E-state index is -0.560. The average Bonchev–Trinajstić information content (AvgIpc) is 3.33. The minimum absolute atomic E-state index is 0.117. The lowest BCUT2D eigenvalue weighted by molar-refractivity contribution is 0.0728. The second kappa shape index (κ2) is 9.30. The summed E-state index contributed by atoms with van der Waals surface area (Å²) in [6.07, 6.45) is 1.52. The van der Waals surface area contributed by atoms with Crippen molar-refractivity contribution in [3.63, 3.8) is 0 Å². The summed E-state index contributed by atoms with van der Waals surface area (Å²) in [7, 11) is 0. The second-order valence-corrected chi connectivity index (χ2v) is 7.63. The van der Waals surface area contributed by atoms with Crippen LogP contribution in [0.15, 0.2) is 70.6 Å². The molecule has 0 aliphatic carbocycles. The summed E-state index contributed by atoms with van der Waals surface area (Å²) >= 11 is 0. The molecule has 0 radical (unpaired) electrons. The summed E-state index contributed by atoms with van der Waals surface area (Å²) in [6.45, 7) is 4.03. The lowest BCUT2D eigenvalue weighted by Gasteiger charge is -2.12. The molecule has 2 heterocycles. The largest absolute Gasteiger partial charge is 0.490 e. The molecule has 9 heteroatoms. The summed E-state index contributed by atoms with van der Waals surface area (Å²) < 4.78 is 23.1. The van der Waals surface area contributed by atoms with E-state index in [4.69, 9.17) is 18.9 Å². The molecule has 0 N–H and O–H groups in total. The summed E-state index contributed by atoms with van der Waals surface area (Å²) in [4.78, 5) is 30.0. The van der Waals surface area contributed by atoms with Gasteiger partial charge in [-0.15, -0.1) is 0 Å². The van der Waals surface area contributed by atoms with Crippen LogP contribution in [0.4, 0.5) is 0 Å². The number of carbonyl (C=O) groups is 1.